The van der Waals surface area contributed by atoms with Crippen LogP contribution in [0.1, 0.15) is 75.8 Å². The Kier molecular flexibility index (Phi) is 8.90. The lowest BCUT2D eigenvalue weighted by Gasteiger charge is -2.24. The predicted molar refractivity (Wildman–Crippen MR) is 117 cm³/mol. The fourth-order valence-electron chi connectivity index (χ4n) is 4.05. The van der Waals surface area contributed by atoms with Gasteiger partial charge in [0.05, 0.1) is 6.61 Å². The van der Waals surface area contributed by atoms with Crippen molar-refractivity contribution in [3.63, 3.8) is 0 Å². The topological polar surface area (TPSA) is 18.5 Å². The van der Waals surface area contributed by atoms with Gasteiger partial charge in [-0.05, 0) is 42.0 Å². The minimum absolute atomic E-state index is 0.176. The average Bonchev–Trinajstić information content (AvgIpc) is 3.01. The Labute approximate surface area is 171 Å². The third-order valence-corrected chi connectivity index (χ3v) is 5.79. The highest BCUT2D eigenvalue weighted by Crippen LogP contribution is 2.28. The second-order valence-corrected chi connectivity index (χ2v) is 8.18. The van der Waals surface area contributed by atoms with E-state index in [1.807, 2.05) is 6.07 Å². The first kappa shape index (κ1) is 20.9. The molecule has 2 heteroatoms. The number of rotatable bonds is 10. The highest BCUT2D eigenvalue weighted by molar-refractivity contribution is 5.27. The van der Waals surface area contributed by atoms with Gasteiger partial charge in [0, 0.05) is 6.42 Å². The smallest absolute Gasteiger partial charge is 0.200 e. The van der Waals surface area contributed by atoms with Crippen LogP contribution in [0, 0.1) is 5.92 Å². The minimum atomic E-state index is -0.176. The summed E-state index contributed by atoms with van der Waals surface area (Å²) in [6.07, 6.45) is 12.5. The Hall–Kier alpha value is -1.80. The van der Waals surface area contributed by atoms with Crippen LogP contribution < -0.4 is 4.74 Å². The molecule has 0 radical (unpaired) electrons. The maximum atomic E-state index is 6.32. The van der Waals surface area contributed by atoms with Crippen molar-refractivity contribution >= 4 is 0 Å². The SMILES string of the molecule is CCCCc1ccc(OC(CC2CCCCCC2)OCc2ccccc2)cc1. The van der Waals surface area contributed by atoms with Crippen molar-refractivity contribution in [3.05, 3.63) is 65.7 Å². The number of unbranched alkanes of at least 4 members (excludes halogenated alkanes) is 1. The molecule has 0 N–H and O–H groups in total. The molecule has 0 saturated heterocycles. The third kappa shape index (κ3) is 7.31. The number of ether oxygens (including phenoxy) is 2. The van der Waals surface area contributed by atoms with Crippen molar-refractivity contribution in [3.8, 4) is 5.75 Å². The van der Waals surface area contributed by atoms with Gasteiger partial charge in [0.25, 0.3) is 0 Å². The molecule has 0 bridgehead atoms. The summed E-state index contributed by atoms with van der Waals surface area (Å²) in [5.41, 5.74) is 2.59. The molecule has 1 aliphatic carbocycles. The van der Waals surface area contributed by atoms with E-state index in [9.17, 15) is 0 Å². The van der Waals surface area contributed by atoms with Gasteiger partial charge in [-0.15, -0.1) is 0 Å². The molecule has 0 spiro atoms. The van der Waals surface area contributed by atoms with Crippen LogP contribution in [-0.2, 0) is 17.8 Å². The van der Waals surface area contributed by atoms with Crippen LogP contribution >= 0.6 is 0 Å². The molecule has 2 nitrogen and oxygen atoms in total. The molecule has 1 atom stereocenters. The van der Waals surface area contributed by atoms with Crippen molar-refractivity contribution in [1.82, 2.24) is 0 Å². The minimum Gasteiger partial charge on any atom is -0.465 e. The summed E-state index contributed by atoms with van der Waals surface area (Å²) >= 11 is 0. The van der Waals surface area contributed by atoms with Gasteiger partial charge < -0.3 is 9.47 Å². The highest BCUT2D eigenvalue weighted by Gasteiger charge is 2.20. The molecule has 1 unspecified atom stereocenters. The maximum absolute atomic E-state index is 6.32. The molecular formula is C26H36O2. The molecule has 0 amide bonds. The van der Waals surface area contributed by atoms with Gasteiger partial charge in [-0.25, -0.2) is 0 Å². The normalized spacial score (nSPS) is 16.5. The van der Waals surface area contributed by atoms with E-state index in [-0.39, 0.29) is 6.29 Å². The van der Waals surface area contributed by atoms with Crippen LogP contribution in [0.25, 0.3) is 0 Å². The molecule has 2 aromatic carbocycles. The molecule has 1 saturated carbocycles. The van der Waals surface area contributed by atoms with E-state index in [0.29, 0.717) is 12.5 Å². The van der Waals surface area contributed by atoms with Crippen molar-refractivity contribution in [2.75, 3.05) is 0 Å². The molecular weight excluding hydrogens is 344 g/mol. The fourth-order valence-corrected chi connectivity index (χ4v) is 4.05. The van der Waals surface area contributed by atoms with Crippen LogP contribution in [0.15, 0.2) is 54.6 Å². The Morgan fingerprint density at radius 2 is 1.57 bits per heavy atom. The third-order valence-electron chi connectivity index (χ3n) is 5.79. The van der Waals surface area contributed by atoms with E-state index in [4.69, 9.17) is 9.47 Å². The quantitative estimate of drug-likeness (QED) is 0.318. The van der Waals surface area contributed by atoms with Gasteiger partial charge in [0.15, 0.2) is 6.29 Å². The van der Waals surface area contributed by atoms with Crippen LogP contribution in [0.2, 0.25) is 0 Å². The summed E-state index contributed by atoms with van der Waals surface area (Å²) in [7, 11) is 0. The van der Waals surface area contributed by atoms with Gasteiger partial charge in [-0.1, -0.05) is 94.3 Å². The summed E-state index contributed by atoms with van der Waals surface area (Å²) in [6, 6.07) is 19.0. The van der Waals surface area contributed by atoms with Crippen molar-refractivity contribution < 1.29 is 9.47 Å². The summed E-state index contributed by atoms with van der Waals surface area (Å²) in [4.78, 5) is 0. The fraction of sp³-hybridized carbons (Fsp3) is 0.538. The van der Waals surface area contributed by atoms with Crippen LogP contribution in [0.4, 0.5) is 0 Å². The lowest BCUT2D eigenvalue weighted by Crippen LogP contribution is -2.24. The Balaban J connectivity index is 1.60. The van der Waals surface area contributed by atoms with Crippen LogP contribution in [-0.4, -0.2) is 6.29 Å². The largest absolute Gasteiger partial charge is 0.465 e. The first-order valence-electron chi connectivity index (χ1n) is 11.2. The second-order valence-electron chi connectivity index (χ2n) is 8.18. The van der Waals surface area contributed by atoms with Gasteiger partial charge in [0.2, 0.25) is 0 Å². The monoisotopic (exact) mass is 380 g/mol. The molecule has 0 aliphatic heterocycles. The molecule has 1 aliphatic rings. The lowest BCUT2D eigenvalue weighted by molar-refractivity contribution is -0.102. The van der Waals surface area contributed by atoms with E-state index in [1.54, 1.807) is 0 Å². The average molecular weight is 381 g/mol. The first-order chi connectivity index (χ1) is 13.8. The Bertz CT molecular complexity index is 642. The standard InChI is InChI=1S/C26H36O2/c1-2-3-11-22-16-18-25(19-17-22)28-26(20-23-12-7-4-5-8-13-23)27-21-24-14-9-6-10-15-24/h6,9-10,14-19,23,26H,2-5,7-8,11-13,20-21H2,1H3. The molecule has 28 heavy (non-hydrogen) atoms. The van der Waals surface area contributed by atoms with Crippen molar-refractivity contribution in [1.29, 1.82) is 0 Å². The van der Waals surface area contributed by atoms with Gasteiger partial charge in [-0.2, -0.15) is 0 Å². The maximum Gasteiger partial charge on any atom is 0.200 e. The summed E-state index contributed by atoms with van der Waals surface area (Å²) in [6.45, 7) is 2.84. The van der Waals surface area contributed by atoms with E-state index < -0.39 is 0 Å². The van der Waals surface area contributed by atoms with E-state index in [1.165, 1.54) is 62.5 Å². The van der Waals surface area contributed by atoms with Gasteiger partial charge in [0.1, 0.15) is 5.75 Å². The number of hydrogen-bond donors (Lipinski definition) is 0. The van der Waals surface area contributed by atoms with E-state index in [2.05, 4.69) is 55.5 Å². The van der Waals surface area contributed by atoms with Crippen LogP contribution in [0.3, 0.4) is 0 Å². The summed E-state index contributed by atoms with van der Waals surface area (Å²) in [5, 5.41) is 0. The zero-order chi connectivity index (χ0) is 19.4. The Morgan fingerprint density at radius 3 is 2.25 bits per heavy atom. The predicted octanol–water partition coefficient (Wildman–Crippen LogP) is 7.31. The lowest BCUT2D eigenvalue weighted by atomic mass is 9.96. The molecule has 3 rings (SSSR count). The zero-order valence-electron chi connectivity index (χ0n) is 17.4. The van der Waals surface area contributed by atoms with Crippen molar-refractivity contribution in [2.24, 2.45) is 5.92 Å². The first-order valence-corrected chi connectivity index (χ1v) is 11.2. The molecule has 0 heterocycles. The molecule has 0 aromatic heterocycles. The van der Waals surface area contributed by atoms with Crippen LogP contribution in [0.5, 0.6) is 5.75 Å². The number of hydrogen-bond acceptors (Lipinski definition) is 2. The molecule has 1 fully saturated rings. The summed E-state index contributed by atoms with van der Waals surface area (Å²) < 4.78 is 12.6. The van der Waals surface area contributed by atoms with Gasteiger partial charge >= 0.3 is 0 Å². The highest BCUT2D eigenvalue weighted by atomic mass is 16.7. The second kappa shape index (κ2) is 11.9. The number of benzene rings is 2. The molecule has 2 aromatic rings. The van der Waals surface area contributed by atoms with E-state index >= 15 is 0 Å². The molecule has 152 valence electrons. The summed E-state index contributed by atoms with van der Waals surface area (Å²) in [5.74, 6) is 1.64. The van der Waals surface area contributed by atoms with Crippen molar-refractivity contribution in [2.45, 2.75) is 84.0 Å². The Morgan fingerprint density at radius 1 is 0.857 bits per heavy atom. The zero-order valence-corrected chi connectivity index (χ0v) is 17.4. The van der Waals surface area contributed by atoms with E-state index in [0.717, 1.165) is 18.6 Å². The number of aryl methyl sites for hydroxylation is 1. The van der Waals surface area contributed by atoms with Gasteiger partial charge in [-0.3, -0.25) is 0 Å².